The molecular formula is C18H30N4O2S. The van der Waals surface area contributed by atoms with E-state index in [2.05, 4.69) is 40.0 Å². The number of alkyl carbamates (subject to hydrolysis) is 1. The molecule has 25 heavy (non-hydrogen) atoms. The van der Waals surface area contributed by atoms with Gasteiger partial charge in [-0.15, -0.1) is 11.3 Å². The molecule has 0 aromatic carbocycles. The number of carbonyl (C=O) groups excluding carboxylic acids is 1. The number of aliphatic imine (C=N–C) groups is 1. The Kier molecular flexibility index (Phi) is 7.11. The molecule has 1 unspecified atom stereocenters. The zero-order valence-corrected chi connectivity index (χ0v) is 16.5. The standard InChI is InChI=1S/C18H30N4O2S/c1-5-19-16(20-10-8-15-7-6-12-25-15)22-11-9-14(13-22)21-17(23)24-18(2,3)4/h6-7,12,14H,5,8-11,13H2,1-4H3,(H,19,20)(H,21,23). The molecule has 1 aromatic rings. The van der Waals surface area contributed by atoms with Crippen LogP contribution in [0.15, 0.2) is 22.5 Å². The summed E-state index contributed by atoms with van der Waals surface area (Å²) in [6.07, 6.45) is 1.51. The fraction of sp³-hybridized carbons (Fsp3) is 0.667. The molecule has 6 nitrogen and oxygen atoms in total. The Morgan fingerprint density at radius 2 is 2.28 bits per heavy atom. The number of hydrogen-bond donors (Lipinski definition) is 2. The molecule has 0 spiro atoms. The minimum absolute atomic E-state index is 0.0935. The highest BCUT2D eigenvalue weighted by Crippen LogP contribution is 2.13. The first-order chi connectivity index (χ1) is 11.9. The van der Waals surface area contributed by atoms with Crippen LogP contribution in [0.1, 0.15) is 39.0 Å². The summed E-state index contributed by atoms with van der Waals surface area (Å²) in [6.45, 7) is 10.9. The number of thiophene rings is 1. The average Bonchev–Trinajstić information content (AvgIpc) is 3.16. The van der Waals surface area contributed by atoms with Gasteiger partial charge in [0, 0.05) is 37.5 Å². The van der Waals surface area contributed by atoms with E-state index in [9.17, 15) is 4.79 Å². The van der Waals surface area contributed by atoms with Gasteiger partial charge in [0.25, 0.3) is 0 Å². The van der Waals surface area contributed by atoms with Crippen LogP contribution >= 0.6 is 11.3 Å². The van der Waals surface area contributed by atoms with Crippen molar-refractivity contribution in [3.05, 3.63) is 22.4 Å². The molecule has 1 fully saturated rings. The van der Waals surface area contributed by atoms with E-state index in [4.69, 9.17) is 9.73 Å². The maximum Gasteiger partial charge on any atom is 0.407 e. The van der Waals surface area contributed by atoms with E-state index in [0.717, 1.165) is 45.0 Å². The van der Waals surface area contributed by atoms with Crippen LogP contribution in [0.5, 0.6) is 0 Å². The van der Waals surface area contributed by atoms with Crippen LogP contribution in [0.25, 0.3) is 0 Å². The summed E-state index contributed by atoms with van der Waals surface area (Å²) < 4.78 is 5.34. The lowest BCUT2D eigenvalue weighted by Crippen LogP contribution is -2.44. The van der Waals surface area contributed by atoms with Gasteiger partial charge >= 0.3 is 6.09 Å². The molecule has 0 bridgehead atoms. The molecular weight excluding hydrogens is 336 g/mol. The van der Waals surface area contributed by atoms with Gasteiger partial charge < -0.3 is 20.3 Å². The Balaban J connectivity index is 1.84. The number of hydrogen-bond acceptors (Lipinski definition) is 4. The summed E-state index contributed by atoms with van der Waals surface area (Å²) in [7, 11) is 0. The van der Waals surface area contributed by atoms with Gasteiger partial charge in [0.15, 0.2) is 5.96 Å². The van der Waals surface area contributed by atoms with E-state index < -0.39 is 5.60 Å². The van der Waals surface area contributed by atoms with Crippen molar-refractivity contribution in [2.75, 3.05) is 26.2 Å². The van der Waals surface area contributed by atoms with E-state index in [1.54, 1.807) is 11.3 Å². The van der Waals surface area contributed by atoms with E-state index in [1.807, 2.05) is 20.8 Å². The number of likely N-dealkylation sites (tertiary alicyclic amines) is 1. The molecule has 1 aromatic heterocycles. The van der Waals surface area contributed by atoms with Gasteiger partial charge in [-0.3, -0.25) is 4.99 Å². The quantitative estimate of drug-likeness (QED) is 0.621. The van der Waals surface area contributed by atoms with Gasteiger partial charge in [0.05, 0.1) is 6.04 Å². The van der Waals surface area contributed by atoms with Gasteiger partial charge in [-0.2, -0.15) is 0 Å². The first-order valence-corrected chi connectivity index (χ1v) is 9.80. The highest BCUT2D eigenvalue weighted by atomic mass is 32.1. The monoisotopic (exact) mass is 366 g/mol. The molecule has 140 valence electrons. The highest BCUT2D eigenvalue weighted by molar-refractivity contribution is 7.09. The fourth-order valence-corrected chi connectivity index (χ4v) is 3.40. The second kappa shape index (κ2) is 9.08. The predicted octanol–water partition coefficient (Wildman–Crippen LogP) is 2.86. The lowest BCUT2D eigenvalue weighted by Gasteiger charge is -2.23. The molecule has 1 amide bonds. The predicted molar refractivity (Wildman–Crippen MR) is 103 cm³/mol. The Hall–Kier alpha value is -1.76. The van der Waals surface area contributed by atoms with Gasteiger partial charge in [0.2, 0.25) is 0 Å². The molecule has 2 rings (SSSR count). The molecule has 1 atom stereocenters. The van der Waals surface area contributed by atoms with Crippen LogP contribution in [0, 0.1) is 0 Å². The van der Waals surface area contributed by atoms with Crippen LogP contribution in [0.2, 0.25) is 0 Å². The van der Waals surface area contributed by atoms with Crippen LogP contribution in [-0.4, -0.2) is 54.8 Å². The number of amides is 1. The van der Waals surface area contributed by atoms with Crippen molar-refractivity contribution in [2.24, 2.45) is 4.99 Å². The second-order valence-corrected chi connectivity index (χ2v) is 8.18. The van der Waals surface area contributed by atoms with E-state index in [1.165, 1.54) is 4.88 Å². The first-order valence-electron chi connectivity index (χ1n) is 8.92. The summed E-state index contributed by atoms with van der Waals surface area (Å²) in [5.74, 6) is 0.924. The molecule has 7 heteroatoms. The van der Waals surface area contributed by atoms with Crippen LogP contribution in [-0.2, 0) is 11.2 Å². The fourth-order valence-electron chi connectivity index (χ4n) is 2.70. The highest BCUT2D eigenvalue weighted by Gasteiger charge is 2.27. The largest absolute Gasteiger partial charge is 0.444 e. The van der Waals surface area contributed by atoms with Gasteiger partial charge in [-0.1, -0.05) is 6.07 Å². The van der Waals surface area contributed by atoms with Crippen molar-refractivity contribution in [3.63, 3.8) is 0 Å². The summed E-state index contributed by atoms with van der Waals surface area (Å²) >= 11 is 1.77. The number of nitrogens with zero attached hydrogens (tertiary/aromatic N) is 2. The van der Waals surface area contributed by atoms with Gasteiger partial charge in [-0.25, -0.2) is 4.79 Å². The first kappa shape index (κ1) is 19.6. The topological polar surface area (TPSA) is 66.0 Å². The molecule has 1 saturated heterocycles. The molecule has 0 aliphatic carbocycles. The van der Waals surface area contributed by atoms with Crippen molar-refractivity contribution < 1.29 is 9.53 Å². The lowest BCUT2D eigenvalue weighted by atomic mass is 10.2. The lowest BCUT2D eigenvalue weighted by molar-refractivity contribution is 0.0507. The average molecular weight is 367 g/mol. The normalized spacial score (nSPS) is 18.3. The number of nitrogens with one attached hydrogen (secondary N) is 2. The SMILES string of the molecule is CCNC(=NCCc1cccs1)N1CCC(NC(=O)OC(C)(C)C)C1. The molecule has 1 aliphatic heterocycles. The number of guanidine groups is 1. The van der Waals surface area contributed by atoms with Crippen molar-refractivity contribution in [1.29, 1.82) is 0 Å². The Labute approximate surface area is 154 Å². The van der Waals surface area contributed by atoms with Crippen LogP contribution < -0.4 is 10.6 Å². The Morgan fingerprint density at radius 1 is 1.48 bits per heavy atom. The number of ether oxygens (including phenoxy) is 1. The zero-order valence-electron chi connectivity index (χ0n) is 15.7. The van der Waals surface area contributed by atoms with Gasteiger partial charge in [-0.05, 0) is 45.6 Å². The summed E-state index contributed by atoms with van der Waals surface area (Å²) in [4.78, 5) is 20.2. The minimum Gasteiger partial charge on any atom is -0.444 e. The minimum atomic E-state index is -0.472. The van der Waals surface area contributed by atoms with E-state index in [-0.39, 0.29) is 12.1 Å². The summed E-state index contributed by atoms with van der Waals surface area (Å²) in [5.41, 5.74) is -0.472. The molecule has 1 aliphatic rings. The maximum atomic E-state index is 11.9. The van der Waals surface area contributed by atoms with Crippen molar-refractivity contribution in [1.82, 2.24) is 15.5 Å². The third kappa shape index (κ3) is 6.94. The maximum absolute atomic E-state index is 11.9. The van der Waals surface area contributed by atoms with Crippen LogP contribution in [0.3, 0.4) is 0 Å². The van der Waals surface area contributed by atoms with E-state index >= 15 is 0 Å². The van der Waals surface area contributed by atoms with Crippen molar-refractivity contribution in [3.8, 4) is 0 Å². The Morgan fingerprint density at radius 3 is 2.92 bits per heavy atom. The summed E-state index contributed by atoms with van der Waals surface area (Å²) in [5, 5.41) is 8.40. The van der Waals surface area contributed by atoms with Crippen molar-refractivity contribution >= 4 is 23.4 Å². The third-order valence-electron chi connectivity index (χ3n) is 3.74. The van der Waals surface area contributed by atoms with E-state index in [0.29, 0.717) is 0 Å². The number of carbonyl (C=O) groups is 1. The molecule has 0 radical (unpaired) electrons. The zero-order chi connectivity index (χ0) is 18.3. The smallest absolute Gasteiger partial charge is 0.407 e. The molecule has 0 saturated carbocycles. The summed E-state index contributed by atoms with van der Waals surface area (Å²) in [6, 6.07) is 4.31. The van der Waals surface area contributed by atoms with Gasteiger partial charge in [0.1, 0.15) is 5.60 Å². The van der Waals surface area contributed by atoms with Crippen LogP contribution in [0.4, 0.5) is 4.79 Å². The van der Waals surface area contributed by atoms with Crippen molar-refractivity contribution in [2.45, 2.75) is 52.2 Å². The Bertz CT molecular complexity index is 566. The third-order valence-corrected chi connectivity index (χ3v) is 4.68. The number of rotatable bonds is 5. The second-order valence-electron chi connectivity index (χ2n) is 7.14. The molecule has 2 heterocycles. The molecule has 2 N–H and O–H groups in total.